The van der Waals surface area contributed by atoms with Gasteiger partial charge < -0.3 is 20.1 Å². The number of hydrogen-bond acceptors (Lipinski definition) is 4. The lowest BCUT2D eigenvalue weighted by Crippen LogP contribution is -2.38. The average Bonchev–Trinajstić information content (AvgIpc) is 3.28. The first-order valence-electron chi connectivity index (χ1n) is 10.1. The molecule has 1 aliphatic heterocycles. The molecule has 2 aromatic rings. The van der Waals surface area contributed by atoms with Crippen molar-refractivity contribution in [3.05, 3.63) is 52.9 Å². The number of benzene rings is 1. The maximum atomic E-state index is 12.2. The number of rotatable bonds is 8. The lowest BCUT2D eigenvalue weighted by Gasteiger charge is -2.31. The summed E-state index contributed by atoms with van der Waals surface area (Å²) in [6.07, 6.45) is 6.65. The van der Waals surface area contributed by atoms with Gasteiger partial charge in [-0.25, -0.2) is 4.79 Å². The molecule has 1 aromatic carbocycles. The fraction of sp³-hybridized carbons (Fsp3) is 0.476. The van der Waals surface area contributed by atoms with Crippen LogP contribution in [0.2, 0.25) is 5.02 Å². The van der Waals surface area contributed by atoms with Crippen molar-refractivity contribution in [1.29, 1.82) is 0 Å². The van der Waals surface area contributed by atoms with Crippen molar-refractivity contribution in [1.82, 2.24) is 20.7 Å². The molecule has 156 valence electrons. The molecule has 1 fully saturated rings. The smallest absolute Gasteiger partial charge is 0.315 e. The van der Waals surface area contributed by atoms with Crippen LogP contribution in [0.5, 0.6) is 0 Å². The number of piperidine rings is 1. The minimum absolute atomic E-state index is 0.0743. The van der Waals surface area contributed by atoms with Gasteiger partial charge in [0.05, 0.1) is 6.20 Å². The van der Waals surface area contributed by atoms with Crippen LogP contribution < -0.4 is 10.6 Å². The third-order valence-electron chi connectivity index (χ3n) is 5.24. The second-order valence-corrected chi connectivity index (χ2v) is 7.78. The van der Waals surface area contributed by atoms with Crippen molar-refractivity contribution >= 4 is 23.5 Å². The minimum Gasteiger partial charge on any atom is -0.351 e. The van der Waals surface area contributed by atoms with Crippen LogP contribution in [0.15, 0.2) is 41.1 Å². The summed E-state index contributed by atoms with van der Waals surface area (Å²) >= 11 is 5.85. The first kappa shape index (κ1) is 21.2. The molecule has 0 radical (unpaired) electrons. The largest absolute Gasteiger partial charge is 0.351 e. The SMILES string of the molecule is O=C(NCCCCC1CCN(C(=O)c2ccno2)CC1)NCc1ccc(Cl)cc1. The molecular weight excluding hydrogens is 392 g/mol. The van der Waals surface area contributed by atoms with Gasteiger partial charge in [-0.15, -0.1) is 0 Å². The molecule has 0 aliphatic carbocycles. The van der Waals surface area contributed by atoms with Crippen LogP contribution >= 0.6 is 11.6 Å². The number of urea groups is 1. The molecule has 1 aromatic heterocycles. The zero-order chi connectivity index (χ0) is 20.5. The number of unbranched alkanes of at least 4 members (excludes halogenated alkanes) is 1. The highest BCUT2D eigenvalue weighted by Crippen LogP contribution is 2.23. The summed E-state index contributed by atoms with van der Waals surface area (Å²) in [6.45, 7) is 2.66. The Morgan fingerprint density at radius 2 is 1.86 bits per heavy atom. The lowest BCUT2D eigenvalue weighted by atomic mass is 9.91. The molecule has 2 N–H and O–H groups in total. The van der Waals surface area contributed by atoms with E-state index in [-0.39, 0.29) is 11.9 Å². The van der Waals surface area contributed by atoms with E-state index >= 15 is 0 Å². The summed E-state index contributed by atoms with van der Waals surface area (Å²) in [5.41, 5.74) is 1.01. The zero-order valence-electron chi connectivity index (χ0n) is 16.4. The number of amides is 3. The number of carbonyl (C=O) groups excluding carboxylic acids is 2. The van der Waals surface area contributed by atoms with Gasteiger partial charge in [-0.3, -0.25) is 4.79 Å². The Kier molecular flexibility index (Phi) is 7.93. The highest BCUT2D eigenvalue weighted by Gasteiger charge is 2.25. The predicted molar refractivity (Wildman–Crippen MR) is 111 cm³/mol. The van der Waals surface area contributed by atoms with Gasteiger partial charge in [0.15, 0.2) is 0 Å². The molecule has 0 unspecified atom stereocenters. The maximum absolute atomic E-state index is 12.2. The van der Waals surface area contributed by atoms with Crippen LogP contribution in [0.3, 0.4) is 0 Å². The Balaban J connectivity index is 1.22. The molecule has 29 heavy (non-hydrogen) atoms. The van der Waals surface area contributed by atoms with Gasteiger partial charge in [0.1, 0.15) is 0 Å². The molecule has 0 bridgehead atoms. The fourth-order valence-corrected chi connectivity index (χ4v) is 3.64. The Morgan fingerprint density at radius 1 is 1.10 bits per heavy atom. The number of carbonyl (C=O) groups is 2. The normalized spacial score (nSPS) is 14.6. The van der Waals surface area contributed by atoms with Crippen molar-refractivity contribution in [3.63, 3.8) is 0 Å². The number of halogens is 1. The summed E-state index contributed by atoms with van der Waals surface area (Å²) in [7, 11) is 0. The second kappa shape index (κ2) is 10.9. The standard InChI is InChI=1S/C21H27ClN4O3/c22-18-6-4-17(5-7-18)15-24-21(28)23-11-2-1-3-16-9-13-26(14-10-16)20(27)19-8-12-25-29-19/h4-8,12,16H,1-3,9-11,13-15H2,(H2,23,24,28). The maximum Gasteiger partial charge on any atom is 0.315 e. The van der Waals surface area contributed by atoms with Gasteiger partial charge in [0.2, 0.25) is 5.76 Å². The molecule has 3 amide bonds. The quantitative estimate of drug-likeness (QED) is 0.637. The number of nitrogens with zero attached hydrogens (tertiary/aromatic N) is 2. The first-order valence-corrected chi connectivity index (χ1v) is 10.5. The molecule has 0 atom stereocenters. The molecule has 3 rings (SSSR count). The zero-order valence-corrected chi connectivity index (χ0v) is 17.2. The van der Waals surface area contributed by atoms with E-state index in [9.17, 15) is 9.59 Å². The molecule has 0 spiro atoms. The van der Waals surface area contributed by atoms with Crippen LogP contribution in [-0.4, -0.2) is 41.6 Å². The highest BCUT2D eigenvalue weighted by molar-refractivity contribution is 6.30. The first-order chi connectivity index (χ1) is 14.1. The van der Waals surface area contributed by atoms with E-state index in [0.29, 0.717) is 29.8 Å². The predicted octanol–water partition coefficient (Wildman–Crippen LogP) is 3.85. The lowest BCUT2D eigenvalue weighted by molar-refractivity contribution is 0.0644. The van der Waals surface area contributed by atoms with Gasteiger partial charge in [-0.05, 0) is 42.9 Å². The van der Waals surface area contributed by atoms with E-state index in [2.05, 4.69) is 15.8 Å². The topological polar surface area (TPSA) is 87.5 Å². The van der Waals surface area contributed by atoms with Crippen LogP contribution in [0.1, 0.15) is 48.2 Å². The molecule has 1 saturated heterocycles. The van der Waals surface area contributed by atoms with Gasteiger partial charge in [-0.1, -0.05) is 41.7 Å². The van der Waals surface area contributed by atoms with Crippen molar-refractivity contribution in [2.45, 2.75) is 38.6 Å². The fourth-order valence-electron chi connectivity index (χ4n) is 3.51. The molecule has 0 saturated carbocycles. The Labute approximate surface area is 175 Å². The van der Waals surface area contributed by atoms with Crippen LogP contribution in [-0.2, 0) is 6.54 Å². The molecular formula is C21H27ClN4O3. The van der Waals surface area contributed by atoms with Crippen molar-refractivity contribution in [2.75, 3.05) is 19.6 Å². The second-order valence-electron chi connectivity index (χ2n) is 7.34. The summed E-state index contributed by atoms with van der Waals surface area (Å²) in [6, 6.07) is 8.86. The Bertz CT molecular complexity index is 772. The molecule has 1 aliphatic rings. The molecule has 2 heterocycles. The summed E-state index contributed by atoms with van der Waals surface area (Å²) in [5.74, 6) is 0.867. The third-order valence-corrected chi connectivity index (χ3v) is 5.49. The van der Waals surface area contributed by atoms with E-state index in [0.717, 1.165) is 50.8 Å². The summed E-state index contributed by atoms with van der Waals surface area (Å²) in [4.78, 5) is 25.9. The molecule has 8 heteroatoms. The van der Waals surface area contributed by atoms with Gasteiger partial charge in [0, 0.05) is 37.3 Å². The number of nitrogens with one attached hydrogen (secondary N) is 2. The summed E-state index contributed by atoms with van der Waals surface area (Å²) in [5, 5.41) is 10.0. The van der Waals surface area contributed by atoms with Gasteiger partial charge in [-0.2, -0.15) is 0 Å². The van der Waals surface area contributed by atoms with E-state index in [1.807, 2.05) is 29.2 Å². The van der Waals surface area contributed by atoms with E-state index in [1.165, 1.54) is 6.20 Å². The van der Waals surface area contributed by atoms with Crippen LogP contribution in [0.4, 0.5) is 4.79 Å². The minimum atomic E-state index is -0.154. The number of hydrogen-bond donors (Lipinski definition) is 2. The number of aromatic nitrogens is 1. The monoisotopic (exact) mass is 418 g/mol. The Hall–Kier alpha value is -2.54. The number of likely N-dealkylation sites (tertiary alicyclic amines) is 1. The summed E-state index contributed by atoms with van der Waals surface area (Å²) < 4.78 is 4.95. The van der Waals surface area contributed by atoms with Crippen LogP contribution in [0, 0.1) is 5.92 Å². The molecule has 7 nitrogen and oxygen atoms in total. The van der Waals surface area contributed by atoms with Crippen LogP contribution in [0.25, 0.3) is 0 Å². The highest BCUT2D eigenvalue weighted by atomic mass is 35.5. The van der Waals surface area contributed by atoms with E-state index < -0.39 is 0 Å². The van der Waals surface area contributed by atoms with E-state index in [4.69, 9.17) is 16.1 Å². The van der Waals surface area contributed by atoms with Gasteiger partial charge in [0.25, 0.3) is 5.91 Å². The Morgan fingerprint density at radius 3 is 2.55 bits per heavy atom. The van der Waals surface area contributed by atoms with Crippen molar-refractivity contribution in [3.8, 4) is 0 Å². The van der Waals surface area contributed by atoms with E-state index in [1.54, 1.807) is 6.07 Å². The van der Waals surface area contributed by atoms with Gasteiger partial charge >= 0.3 is 6.03 Å². The third kappa shape index (κ3) is 6.78. The average molecular weight is 419 g/mol. The van der Waals surface area contributed by atoms with Crippen molar-refractivity contribution < 1.29 is 14.1 Å². The van der Waals surface area contributed by atoms with Crippen molar-refractivity contribution in [2.24, 2.45) is 5.92 Å².